The Balaban J connectivity index is 1.02. The van der Waals surface area contributed by atoms with Crippen LogP contribution in [0.25, 0.3) is 10.9 Å². The smallest absolute Gasteiger partial charge is 0.410 e. The highest BCUT2D eigenvalue weighted by Crippen LogP contribution is 2.44. The third-order valence-electron chi connectivity index (χ3n) is 11.8. The summed E-state index contributed by atoms with van der Waals surface area (Å²) in [5.41, 5.74) is 5.44. The number of ether oxygens (including phenoxy) is 1. The van der Waals surface area contributed by atoms with Crippen LogP contribution in [-0.2, 0) is 32.3 Å². The minimum Gasteiger partial charge on any atom is -0.477 e. The molecule has 62 heavy (non-hydrogen) atoms. The monoisotopic (exact) mass is 853 g/mol. The van der Waals surface area contributed by atoms with Gasteiger partial charge in [0, 0.05) is 68.9 Å². The number of rotatable bonds is 17. The number of aryl methyl sites for hydroxylation is 1. The van der Waals surface area contributed by atoms with Crippen molar-refractivity contribution in [1.29, 1.82) is 0 Å². The second-order valence-electron chi connectivity index (χ2n) is 15.8. The lowest BCUT2D eigenvalue weighted by atomic mass is 9.63. The van der Waals surface area contributed by atoms with Gasteiger partial charge in [0.25, 0.3) is 0 Å². The molecular weight excluding hydrogens is 802 g/mol. The summed E-state index contributed by atoms with van der Waals surface area (Å²) in [6.07, 6.45) is 2.67. The first-order chi connectivity index (χ1) is 29.7. The maximum Gasteiger partial charge on any atom is 0.410 e. The fraction of sp³-hybridized carbons (Fsp3) is 0.400. The number of pyridine rings is 1. The first-order valence-corrected chi connectivity index (χ1v) is 20.8. The van der Waals surface area contributed by atoms with Crippen LogP contribution in [0.5, 0.6) is 0 Å². The molecule has 1 aromatic heterocycles. The number of halogens is 1. The number of nitrogens with one attached hydrogen (secondary N) is 3. The highest BCUT2D eigenvalue weighted by molar-refractivity contribution is 6.08. The molecule has 2 atom stereocenters. The van der Waals surface area contributed by atoms with E-state index in [0.717, 1.165) is 18.1 Å². The van der Waals surface area contributed by atoms with E-state index in [1.54, 1.807) is 40.7 Å². The lowest BCUT2D eigenvalue weighted by molar-refractivity contribution is -0.150. The van der Waals surface area contributed by atoms with Crippen molar-refractivity contribution in [1.82, 2.24) is 20.1 Å². The second kappa shape index (κ2) is 19.7. The second-order valence-corrected chi connectivity index (χ2v) is 15.8. The summed E-state index contributed by atoms with van der Waals surface area (Å²) < 4.78 is 22.5. The number of aromatic carboxylic acids is 1. The van der Waals surface area contributed by atoms with E-state index in [-0.39, 0.29) is 81.0 Å². The van der Waals surface area contributed by atoms with Gasteiger partial charge in [0.15, 0.2) is 0 Å². The van der Waals surface area contributed by atoms with E-state index in [1.807, 2.05) is 37.3 Å². The van der Waals surface area contributed by atoms with Crippen molar-refractivity contribution in [2.75, 3.05) is 42.9 Å². The molecule has 1 aliphatic heterocycles. The molecule has 3 aromatic carbocycles. The third kappa shape index (κ3) is 10.2. The molecule has 2 fully saturated rings. The molecule has 16 nitrogen and oxygen atoms in total. The number of primary amides is 1. The van der Waals surface area contributed by atoms with Crippen LogP contribution in [0.4, 0.5) is 25.4 Å². The van der Waals surface area contributed by atoms with Gasteiger partial charge in [-0.2, -0.15) is 0 Å². The van der Waals surface area contributed by atoms with Gasteiger partial charge >= 0.3 is 18.1 Å². The number of Topliss-reactive ketones (excluding diaryl/α,β-unsaturated/α-hetero) is 1. The maximum atomic E-state index is 15.3. The molecule has 5 amide bonds. The molecule has 1 aliphatic carbocycles. The summed E-state index contributed by atoms with van der Waals surface area (Å²) in [6, 6.07) is 17.7. The Hall–Kier alpha value is -6.78. The summed E-state index contributed by atoms with van der Waals surface area (Å²) in [5, 5.41) is 17.8. The average molecular weight is 854 g/mol. The predicted molar refractivity (Wildman–Crippen MR) is 229 cm³/mol. The molecule has 2 aliphatic rings. The molecular formula is C45H52FN7O9. The van der Waals surface area contributed by atoms with Crippen molar-refractivity contribution in [3.8, 4) is 0 Å². The number of carboxylic acids is 1. The summed E-state index contributed by atoms with van der Waals surface area (Å²) >= 11 is 0. The number of aromatic nitrogens is 1. The van der Waals surface area contributed by atoms with E-state index in [0.29, 0.717) is 42.6 Å². The Morgan fingerprint density at radius 2 is 1.66 bits per heavy atom. The van der Waals surface area contributed by atoms with Gasteiger partial charge in [0.2, 0.25) is 17.2 Å². The molecule has 0 spiro atoms. The van der Waals surface area contributed by atoms with Crippen LogP contribution in [0.15, 0.2) is 77.7 Å². The number of anilines is 2. The Kier molecular flexibility index (Phi) is 14.2. The molecule has 17 heteroatoms. The Morgan fingerprint density at radius 1 is 0.968 bits per heavy atom. The number of carbonyl (C=O) groups is 6. The van der Waals surface area contributed by atoms with Crippen LogP contribution in [0, 0.1) is 17.2 Å². The molecule has 1 saturated heterocycles. The Morgan fingerprint density at radius 3 is 2.27 bits per heavy atom. The number of hydrogen-bond donors (Lipinski definition) is 5. The van der Waals surface area contributed by atoms with Crippen LogP contribution in [0.1, 0.15) is 79.9 Å². The molecule has 6 rings (SSSR count). The fourth-order valence-electron chi connectivity index (χ4n) is 7.98. The number of amides is 5. The zero-order chi connectivity index (χ0) is 44.6. The number of fused-ring (bicyclic) bond motifs is 1. The first kappa shape index (κ1) is 44.8. The molecule has 328 valence electrons. The van der Waals surface area contributed by atoms with E-state index in [4.69, 9.17) is 10.5 Å². The number of ketones is 1. The van der Waals surface area contributed by atoms with Crippen molar-refractivity contribution in [2.24, 2.45) is 17.1 Å². The van der Waals surface area contributed by atoms with Crippen LogP contribution >= 0.6 is 0 Å². The van der Waals surface area contributed by atoms with E-state index in [2.05, 4.69) is 16.0 Å². The highest BCUT2D eigenvalue weighted by atomic mass is 19.1. The quantitative estimate of drug-likeness (QED) is 0.0679. The number of nitrogens with two attached hydrogens (primary N) is 1. The van der Waals surface area contributed by atoms with Gasteiger partial charge in [-0.3, -0.25) is 19.2 Å². The Bertz CT molecular complexity index is 2380. The summed E-state index contributed by atoms with van der Waals surface area (Å²) in [7, 11) is 0. The average Bonchev–Trinajstić information content (AvgIpc) is 3.24. The summed E-state index contributed by atoms with van der Waals surface area (Å²) in [5.74, 6) is -3.92. The molecule has 0 bridgehead atoms. The van der Waals surface area contributed by atoms with E-state index < -0.39 is 52.1 Å². The van der Waals surface area contributed by atoms with Gasteiger partial charge < -0.3 is 45.9 Å². The number of hydrogen-bond acceptors (Lipinski definition) is 9. The zero-order valence-corrected chi connectivity index (χ0v) is 34.8. The van der Waals surface area contributed by atoms with Crippen molar-refractivity contribution in [2.45, 2.75) is 71.6 Å². The Labute approximate surface area is 357 Å². The van der Waals surface area contributed by atoms with E-state index >= 15 is 4.39 Å². The van der Waals surface area contributed by atoms with Crippen LogP contribution < -0.4 is 32.0 Å². The standard InChI is InChI=1S/C45H52FN7O9/c1-3-51-26-34(41(57)58)39(55)33-24-35(46)37(25-36(33)51)52-19-21-53(22-20-52)44(61)62-27-29-12-14-32(15-13-29)50-40(56)31(11-7-18-48-43(47)60)23-38(54)45(16-8-17-45)42(59)49-28(2)30-9-5-4-6-10-30/h4-6,9-10,12-15,24-26,28,31H,3,7-8,11,16-23,27H2,1-2H3,(H,49,59)(H,50,56)(H,57,58)(H3,47,48,60)/t28-,31-/m1/s1. The summed E-state index contributed by atoms with van der Waals surface area (Å²) in [6.45, 7) is 5.20. The predicted octanol–water partition coefficient (Wildman–Crippen LogP) is 5.33. The molecule has 6 N–H and O–H groups in total. The lowest BCUT2D eigenvalue weighted by Crippen LogP contribution is -2.52. The lowest BCUT2D eigenvalue weighted by Gasteiger charge is -2.40. The normalized spacial score (nSPS) is 15.5. The molecule has 2 heterocycles. The van der Waals surface area contributed by atoms with Crippen LogP contribution in [0.3, 0.4) is 0 Å². The number of carboxylic acid groups (broad SMARTS) is 1. The minimum absolute atomic E-state index is 0.0258. The number of nitrogens with zero attached hydrogens (tertiary/aromatic N) is 3. The third-order valence-corrected chi connectivity index (χ3v) is 11.8. The van der Waals surface area contributed by atoms with E-state index in [9.17, 15) is 38.7 Å². The van der Waals surface area contributed by atoms with Gasteiger partial charge in [-0.25, -0.2) is 18.8 Å². The molecule has 0 unspecified atom stereocenters. The van der Waals surface area contributed by atoms with Crippen molar-refractivity contribution >= 4 is 58.0 Å². The van der Waals surface area contributed by atoms with Gasteiger partial charge in [-0.05, 0) is 74.9 Å². The van der Waals surface area contributed by atoms with Gasteiger partial charge in [-0.15, -0.1) is 0 Å². The first-order valence-electron chi connectivity index (χ1n) is 20.8. The topological polar surface area (TPSA) is 222 Å². The van der Waals surface area contributed by atoms with Crippen LogP contribution in [0.2, 0.25) is 0 Å². The SMILES string of the molecule is CCn1cc(C(=O)O)c(=O)c2cc(F)c(N3CCN(C(=O)OCc4ccc(NC(=O)[C@H](CCCNC(N)=O)CC(=O)C5(C(=O)N[C@H](C)c6ccccc6)CCC5)cc4)CC3)cc21. The number of urea groups is 1. The van der Waals surface area contributed by atoms with E-state index in [1.165, 1.54) is 17.2 Å². The van der Waals surface area contributed by atoms with Crippen molar-refractivity contribution in [3.05, 3.63) is 106 Å². The minimum atomic E-state index is -1.39. The molecule has 4 aromatic rings. The zero-order valence-electron chi connectivity index (χ0n) is 34.8. The largest absolute Gasteiger partial charge is 0.477 e. The van der Waals surface area contributed by atoms with Gasteiger partial charge in [0.05, 0.1) is 17.2 Å². The number of piperazine rings is 1. The van der Waals surface area contributed by atoms with Crippen molar-refractivity contribution < 1.29 is 43.0 Å². The number of carbonyl (C=O) groups excluding carboxylic acids is 5. The van der Waals surface area contributed by atoms with Crippen molar-refractivity contribution in [3.63, 3.8) is 0 Å². The van der Waals surface area contributed by atoms with Gasteiger partial charge in [-0.1, -0.05) is 48.9 Å². The highest BCUT2D eigenvalue weighted by Gasteiger charge is 2.51. The van der Waals surface area contributed by atoms with Crippen LogP contribution in [-0.4, -0.2) is 83.0 Å². The summed E-state index contributed by atoms with van der Waals surface area (Å²) in [4.78, 5) is 93.0. The number of benzene rings is 3. The maximum absolute atomic E-state index is 15.3. The molecule has 0 radical (unpaired) electrons. The van der Waals surface area contributed by atoms with Gasteiger partial charge in [0.1, 0.15) is 29.2 Å². The molecule has 1 saturated carbocycles. The fourth-order valence-corrected chi connectivity index (χ4v) is 7.98.